The van der Waals surface area contributed by atoms with Gasteiger partial charge in [0.1, 0.15) is 5.25 Å². The molecule has 2 unspecified atom stereocenters. The van der Waals surface area contributed by atoms with Gasteiger partial charge in [-0.1, -0.05) is 29.3 Å². The first-order valence-electron chi connectivity index (χ1n) is 5.00. The van der Waals surface area contributed by atoms with E-state index in [-0.39, 0.29) is 17.5 Å². The molecule has 0 amide bonds. The summed E-state index contributed by atoms with van der Waals surface area (Å²) >= 11 is 13.2. The van der Waals surface area contributed by atoms with Crippen molar-refractivity contribution in [2.45, 2.75) is 18.1 Å². The van der Waals surface area contributed by atoms with Crippen LogP contribution in [0.2, 0.25) is 0 Å². The summed E-state index contributed by atoms with van der Waals surface area (Å²) in [6.07, 6.45) is 4.34. The van der Waals surface area contributed by atoms with Crippen molar-refractivity contribution in [1.82, 2.24) is 0 Å². The molecule has 0 bridgehead atoms. The number of carbonyl (C=O) groups is 2. The summed E-state index contributed by atoms with van der Waals surface area (Å²) in [5.74, 6) is 0.304. The van der Waals surface area contributed by atoms with Crippen molar-refractivity contribution in [3.63, 3.8) is 0 Å². The number of Topliss-reactive ketones (excluding diaryl/α,β-unsaturated/α-hetero) is 2. The van der Waals surface area contributed by atoms with Crippen LogP contribution in [-0.4, -0.2) is 22.6 Å². The van der Waals surface area contributed by atoms with Gasteiger partial charge < -0.3 is 0 Å². The molecule has 1 aliphatic carbocycles. The van der Waals surface area contributed by atoms with Gasteiger partial charge in [0.25, 0.3) is 0 Å². The van der Waals surface area contributed by atoms with Crippen LogP contribution in [-0.2, 0) is 9.59 Å². The second kappa shape index (κ2) is 4.94. The number of thioether (sulfide) groups is 1. The lowest BCUT2D eigenvalue weighted by Crippen LogP contribution is -2.30. The fraction of sp³-hybridized carbons (Fsp3) is 0.455. The van der Waals surface area contributed by atoms with Crippen LogP contribution in [0.15, 0.2) is 22.2 Å². The maximum absolute atomic E-state index is 12.1. The topological polar surface area (TPSA) is 34.1 Å². The van der Waals surface area contributed by atoms with Crippen molar-refractivity contribution >= 4 is 46.5 Å². The van der Waals surface area contributed by atoms with Crippen LogP contribution in [0.1, 0.15) is 12.8 Å². The van der Waals surface area contributed by atoms with E-state index < -0.39 is 5.25 Å². The molecule has 1 fully saturated rings. The van der Waals surface area contributed by atoms with E-state index in [1.807, 2.05) is 0 Å². The van der Waals surface area contributed by atoms with Crippen LogP contribution in [0.5, 0.6) is 0 Å². The zero-order valence-electron chi connectivity index (χ0n) is 8.41. The molecule has 0 spiro atoms. The third-order valence-corrected chi connectivity index (χ3v) is 4.59. The molecular formula is C11H10Cl2O2S. The number of carbonyl (C=O) groups excluding carboxylic acids is 2. The van der Waals surface area contributed by atoms with Crippen LogP contribution >= 0.6 is 35.0 Å². The van der Waals surface area contributed by atoms with Crippen molar-refractivity contribution in [2.75, 3.05) is 5.75 Å². The Morgan fingerprint density at radius 1 is 1.44 bits per heavy atom. The average molecular weight is 277 g/mol. The van der Waals surface area contributed by atoms with Crippen LogP contribution in [0.4, 0.5) is 0 Å². The van der Waals surface area contributed by atoms with E-state index in [1.54, 1.807) is 12.2 Å². The molecule has 86 valence electrons. The lowest BCUT2D eigenvalue weighted by atomic mass is 9.92. The van der Waals surface area contributed by atoms with E-state index in [0.717, 1.165) is 5.75 Å². The molecule has 1 heterocycles. The third-order valence-electron chi connectivity index (χ3n) is 2.68. The molecule has 2 atom stereocenters. The Kier molecular flexibility index (Phi) is 3.77. The second-order valence-corrected chi connectivity index (χ2v) is 5.86. The molecular weight excluding hydrogens is 267 g/mol. The molecule has 0 aromatic carbocycles. The minimum Gasteiger partial charge on any atom is -0.298 e. The zero-order valence-corrected chi connectivity index (χ0v) is 10.7. The highest BCUT2D eigenvalue weighted by Gasteiger charge is 2.37. The van der Waals surface area contributed by atoms with Crippen LogP contribution < -0.4 is 0 Å². The molecule has 0 radical (unpaired) electrons. The molecule has 0 saturated carbocycles. The summed E-state index contributed by atoms with van der Waals surface area (Å²) < 4.78 is 0. The van der Waals surface area contributed by atoms with E-state index in [1.165, 1.54) is 11.8 Å². The molecule has 5 heteroatoms. The third kappa shape index (κ3) is 2.36. The van der Waals surface area contributed by atoms with E-state index in [2.05, 4.69) is 0 Å². The van der Waals surface area contributed by atoms with Gasteiger partial charge in [-0.15, -0.1) is 11.8 Å². The first-order valence-corrected chi connectivity index (χ1v) is 6.81. The van der Waals surface area contributed by atoms with Crippen molar-refractivity contribution in [3.05, 3.63) is 22.2 Å². The van der Waals surface area contributed by atoms with Gasteiger partial charge in [0, 0.05) is 22.2 Å². The summed E-state index contributed by atoms with van der Waals surface area (Å²) in [6, 6.07) is 0. The molecule has 2 aliphatic rings. The summed E-state index contributed by atoms with van der Waals surface area (Å²) in [5.41, 5.74) is 0. The van der Waals surface area contributed by atoms with Gasteiger partial charge in [0.15, 0.2) is 11.6 Å². The molecule has 2 rings (SSSR count). The van der Waals surface area contributed by atoms with Crippen LogP contribution in [0.3, 0.4) is 0 Å². The van der Waals surface area contributed by atoms with Crippen molar-refractivity contribution in [2.24, 2.45) is 5.92 Å². The predicted octanol–water partition coefficient (Wildman–Crippen LogP) is 2.90. The fourth-order valence-corrected chi connectivity index (χ4v) is 3.57. The Hall–Kier alpha value is -0.250. The molecule has 16 heavy (non-hydrogen) atoms. The van der Waals surface area contributed by atoms with Gasteiger partial charge in [-0.05, 0) is 12.5 Å². The molecule has 0 aromatic rings. The second-order valence-electron chi connectivity index (χ2n) is 3.78. The average Bonchev–Trinajstić information content (AvgIpc) is 2.63. The highest BCUT2D eigenvalue weighted by atomic mass is 35.5. The summed E-state index contributed by atoms with van der Waals surface area (Å²) in [6.45, 7) is 0. The smallest absolute Gasteiger partial charge is 0.161 e. The summed E-state index contributed by atoms with van der Waals surface area (Å²) in [4.78, 5) is 23.6. The van der Waals surface area contributed by atoms with Crippen LogP contribution in [0.25, 0.3) is 0 Å². The zero-order chi connectivity index (χ0) is 11.7. The first-order chi connectivity index (χ1) is 7.59. The van der Waals surface area contributed by atoms with Crippen molar-refractivity contribution in [1.29, 1.82) is 0 Å². The number of allylic oxidation sites excluding steroid dienone is 4. The van der Waals surface area contributed by atoms with Crippen LogP contribution in [0, 0.1) is 5.92 Å². The van der Waals surface area contributed by atoms with Gasteiger partial charge in [0.2, 0.25) is 0 Å². The predicted molar refractivity (Wildman–Crippen MR) is 66.9 cm³/mol. The Bertz CT molecular complexity index is 401. The standard InChI is InChI=1S/C11H10Cl2O2S/c12-6-1-2-7(8(13)5-6)10(15)11-9(14)3-4-16-11/h1,5,7,11H,2-4H2. The van der Waals surface area contributed by atoms with Gasteiger partial charge in [-0.25, -0.2) is 0 Å². The van der Waals surface area contributed by atoms with Gasteiger partial charge in [0.05, 0.1) is 5.92 Å². The van der Waals surface area contributed by atoms with Crippen molar-refractivity contribution in [3.8, 4) is 0 Å². The number of halogens is 2. The maximum atomic E-state index is 12.1. The number of hydrogen-bond donors (Lipinski definition) is 0. The normalized spacial score (nSPS) is 30.0. The van der Waals surface area contributed by atoms with Crippen molar-refractivity contribution < 1.29 is 9.59 Å². The minimum atomic E-state index is -0.516. The molecule has 1 aliphatic heterocycles. The molecule has 0 N–H and O–H groups in total. The van der Waals surface area contributed by atoms with Gasteiger partial charge in [-0.3, -0.25) is 9.59 Å². The van der Waals surface area contributed by atoms with Gasteiger partial charge in [-0.2, -0.15) is 0 Å². The lowest BCUT2D eigenvalue weighted by Gasteiger charge is -2.19. The van der Waals surface area contributed by atoms with E-state index in [0.29, 0.717) is 22.9 Å². The summed E-state index contributed by atoms with van der Waals surface area (Å²) in [7, 11) is 0. The first kappa shape index (κ1) is 12.2. The Morgan fingerprint density at radius 2 is 2.19 bits per heavy atom. The monoisotopic (exact) mass is 276 g/mol. The largest absolute Gasteiger partial charge is 0.298 e. The number of rotatable bonds is 2. The summed E-state index contributed by atoms with van der Waals surface area (Å²) in [5, 5.41) is 0.481. The molecule has 0 aromatic heterocycles. The minimum absolute atomic E-state index is 0.0279. The highest BCUT2D eigenvalue weighted by molar-refractivity contribution is 8.01. The van der Waals surface area contributed by atoms with E-state index in [4.69, 9.17) is 23.2 Å². The molecule has 1 saturated heterocycles. The Morgan fingerprint density at radius 3 is 2.75 bits per heavy atom. The Labute approximate surface area is 108 Å². The fourth-order valence-electron chi connectivity index (χ4n) is 1.81. The molecule has 2 nitrogen and oxygen atoms in total. The lowest BCUT2D eigenvalue weighted by molar-refractivity contribution is -0.127. The van der Waals surface area contributed by atoms with E-state index in [9.17, 15) is 9.59 Å². The maximum Gasteiger partial charge on any atom is 0.161 e. The SMILES string of the molecule is O=C1CCSC1C(=O)C1CC=C(Cl)C=C1Cl. The quantitative estimate of drug-likeness (QED) is 0.728. The number of hydrogen-bond acceptors (Lipinski definition) is 3. The van der Waals surface area contributed by atoms with Gasteiger partial charge >= 0.3 is 0 Å². The van der Waals surface area contributed by atoms with E-state index >= 15 is 0 Å². The number of ketones is 2. The highest BCUT2D eigenvalue weighted by Crippen LogP contribution is 2.34. The Balaban J connectivity index is 2.12.